The third kappa shape index (κ3) is 2.11. The van der Waals surface area contributed by atoms with E-state index in [0.717, 1.165) is 0 Å². The molecule has 2 rings (SSSR count). The molecule has 1 aromatic rings. The summed E-state index contributed by atoms with van der Waals surface area (Å²) in [4.78, 5) is 11.6. The maximum atomic E-state index is 11.6. The first-order valence-corrected chi connectivity index (χ1v) is 6.57. The highest BCUT2D eigenvalue weighted by molar-refractivity contribution is 7.89. The van der Waals surface area contributed by atoms with Gasteiger partial charge < -0.3 is 10.6 Å². The third-order valence-electron chi connectivity index (χ3n) is 2.59. The Hall–Kier alpha value is -1.60. The fourth-order valence-electron chi connectivity index (χ4n) is 1.58. The van der Waals surface area contributed by atoms with Crippen LogP contribution in [-0.4, -0.2) is 27.4 Å². The maximum absolute atomic E-state index is 11.6. The summed E-state index contributed by atoms with van der Waals surface area (Å²) in [6, 6.07) is 4.23. The molecule has 1 aliphatic heterocycles. The molecule has 1 aliphatic rings. The quantitative estimate of drug-likeness (QED) is 0.711. The van der Waals surface area contributed by atoms with E-state index in [0.29, 0.717) is 11.4 Å². The summed E-state index contributed by atoms with van der Waals surface area (Å²) in [5.74, 6) is -0.184. The summed E-state index contributed by atoms with van der Waals surface area (Å²) in [5, 5.41) is 5.63. The summed E-state index contributed by atoms with van der Waals surface area (Å²) in [6.07, 6.45) is 0. The molecule has 0 aromatic heterocycles. The molecule has 0 spiro atoms. The zero-order valence-corrected chi connectivity index (χ0v) is 10.3. The Morgan fingerprint density at radius 3 is 2.65 bits per heavy atom. The van der Waals surface area contributed by atoms with E-state index >= 15 is 0 Å². The Morgan fingerprint density at radius 1 is 1.29 bits per heavy atom. The van der Waals surface area contributed by atoms with Crippen molar-refractivity contribution >= 4 is 27.3 Å². The number of hydrogen-bond donors (Lipinski definition) is 3. The molecule has 0 bridgehead atoms. The number of hydrogen-bond acceptors (Lipinski definition) is 4. The summed E-state index contributed by atoms with van der Waals surface area (Å²) < 4.78 is 25.4. The van der Waals surface area contributed by atoms with E-state index in [2.05, 4.69) is 15.4 Å². The van der Waals surface area contributed by atoms with Gasteiger partial charge in [-0.15, -0.1) is 0 Å². The van der Waals surface area contributed by atoms with Crippen molar-refractivity contribution in [2.24, 2.45) is 0 Å². The van der Waals surface area contributed by atoms with Gasteiger partial charge in [-0.05, 0) is 32.2 Å². The van der Waals surface area contributed by atoms with Gasteiger partial charge in [0.1, 0.15) is 6.04 Å². The standard InChI is InChI=1S/C10H13N3O3S/c1-6-10(14)13-9-5-7(17(15,16)11-2)3-4-8(9)12-6/h3-6,11-12H,1-2H3,(H,13,14). The number of amides is 1. The van der Waals surface area contributed by atoms with Crippen LogP contribution in [0.5, 0.6) is 0 Å². The molecule has 3 N–H and O–H groups in total. The smallest absolute Gasteiger partial charge is 0.246 e. The van der Waals surface area contributed by atoms with Crippen molar-refractivity contribution in [3.05, 3.63) is 18.2 Å². The molecule has 1 aromatic carbocycles. The SMILES string of the molecule is CNS(=O)(=O)c1ccc2c(c1)NC(=O)C(C)N2. The molecular formula is C10H13N3O3S. The molecular weight excluding hydrogens is 242 g/mol. The molecule has 7 heteroatoms. The molecule has 1 heterocycles. The number of nitrogens with one attached hydrogen (secondary N) is 3. The van der Waals surface area contributed by atoms with Gasteiger partial charge in [0.2, 0.25) is 15.9 Å². The fourth-order valence-corrected chi connectivity index (χ4v) is 2.33. The van der Waals surface area contributed by atoms with Gasteiger partial charge in [-0.2, -0.15) is 0 Å². The van der Waals surface area contributed by atoms with E-state index in [4.69, 9.17) is 0 Å². The van der Waals surface area contributed by atoms with Crippen LogP contribution < -0.4 is 15.4 Å². The average Bonchev–Trinajstić information content (AvgIpc) is 2.30. The number of carbonyl (C=O) groups excluding carboxylic acids is 1. The minimum atomic E-state index is -3.49. The number of benzene rings is 1. The predicted molar refractivity (Wildman–Crippen MR) is 64.4 cm³/mol. The summed E-state index contributed by atoms with van der Waals surface area (Å²) in [6.45, 7) is 1.73. The molecule has 1 amide bonds. The van der Waals surface area contributed by atoms with Crippen LogP contribution in [0.25, 0.3) is 0 Å². The molecule has 92 valence electrons. The number of fused-ring (bicyclic) bond motifs is 1. The van der Waals surface area contributed by atoms with Crippen molar-refractivity contribution in [3.63, 3.8) is 0 Å². The molecule has 0 aliphatic carbocycles. The highest BCUT2D eigenvalue weighted by Gasteiger charge is 2.23. The van der Waals surface area contributed by atoms with Crippen LogP contribution in [0, 0.1) is 0 Å². The largest absolute Gasteiger partial charge is 0.372 e. The minimum Gasteiger partial charge on any atom is -0.372 e. The van der Waals surface area contributed by atoms with Crippen molar-refractivity contribution in [3.8, 4) is 0 Å². The lowest BCUT2D eigenvalue weighted by Gasteiger charge is -2.24. The lowest BCUT2D eigenvalue weighted by atomic mass is 10.1. The van der Waals surface area contributed by atoms with Crippen molar-refractivity contribution in [1.29, 1.82) is 0 Å². The molecule has 0 radical (unpaired) electrons. The first-order chi connectivity index (χ1) is 7.94. The Kier molecular flexibility index (Phi) is 2.80. The van der Waals surface area contributed by atoms with Gasteiger partial charge in [-0.25, -0.2) is 13.1 Å². The first kappa shape index (κ1) is 11.9. The zero-order valence-electron chi connectivity index (χ0n) is 9.44. The Bertz CT molecular complexity index is 568. The molecule has 6 nitrogen and oxygen atoms in total. The van der Waals surface area contributed by atoms with E-state index in [9.17, 15) is 13.2 Å². The number of anilines is 2. The molecule has 0 saturated carbocycles. The van der Waals surface area contributed by atoms with Gasteiger partial charge in [-0.1, -0.05) is 0 Å². The van der Waals surface area contributed by atoms with Crippen LogP contribution in [0.4, 0.5) is 11.4 Å². The number of sulfonamides is 1. The highest BCUT2D eigenvalue weighted by Crippen LogP contribution is 2.29. The number of rotatable bonds is 2. The lowest BCUT2D eigenvalue weighted by molar-refractivity contribution is -0.116. The number of carbonyl (C=O) groups is 1. The topological polar surface area (TPSA) is 87.3 Å². The van der Waals surface area contributed by atoms with Crippen molar-refractivity contribution in [1.82, 2.24) is 4.72 Å². The zero-order chi connectivity index (χ0) is 12.6. The van der Waals surface area contributed by atoms with Crippen LogP contribution in [0.2, 0.25) is 0 Å². The van der Waals surface area contributed by atoms with Gasteiger partial charge in [0.05, 0.1) is 16.3 Å². The fraction of sp³-hybridized carbons (Fsp3) is 0.300. The second-order valence-electron chi connectivity index (χ2n) is 3.77. The monoisotopic (exact) mass is 255 g/mol. The van der Waals surface area contributed by atoms with Crippen LogP contribution >= 0.6 is 0 Å². The molecule has 0 saturated heterocycles. The van der Waals surface area contributed by atoms with E-state index < -0.39 is 10.0 Å². The lowest BCUT2D eigenvalue weighted by Crippen LogP contribution is -2.36. The molecule has 1 unspecified atom stereocenters. The summed E-state index contributed by atoms with van der Waals surface area (Å²) >= 11 is 0. The molecule has 1 atom stereocenters. The second-order valence-corrected chi connectivity index (χ2v) is 5.66. The van der Waals surface area contributed by atoms with E-state index in [1.165, 1.54) is 19.2 Å². The summed E-state index contributed by atoms with van der Waals surface area (Å²) in [5.41, 5.74) is 1.19. The van der Waals surface area contributed by atoms with Crippen molar-refractivity contribution in [2.75, 3.05) is 17.7 Å². The van der Waals surface area contributed by atoms with Crippen LogP contribution in [-0.2, 0) is 14.8 Å². The normalized spacial score (nSPS) is 19.2. The van der Waals surface area contributed by atoms with Crippen LogP contribution in [0.3, 0.4) is 0 Å². The molecule has 0 fully saturated rings. The van der Waals surface area contributed by atoms with E-state index in [-0.39, 0.29) is 16.8 Å². The van der Waals surface area contributed by atoms with Crippen molar-refractivity contribution < 1.29 is 13.2 Å². The first-order valence-electron chi connectivity index (χ1n) is 5.09. The Balaban J connectivity index is 2.46. The van der Waals surface area contributed by atoms with Crippen LogP contribution in [0.15, 0.2) is 23.1 Å². The average molecular weight is 255 g/mol. The van der Waals surface area contributed by atoms with Gasteiger partial charge >= 0.3 is 0 Å². The molecule has 17 heavy (non-hydrogen) atoms. The van der Waals surface area contributed by atoms with Crippen LogP contribution in [0.1, 0.15) is 6.92 Å². The Morgan fingerprint density at radius 2 is 2.00 bits per heavy atom. The van der Waals surface area contributed by atoms with Gasteiger partial charge in [0.15, 0.2) is 0 Å². The maximum Gasteiger partial charge on any atom is 0.246 e. The van der Waals surface area contributed by atoms with Gasteiger partial charge in [0.25, 0.3) is 0 Å². The van der Waals surface area contributed by atoms with Gasteiger partial charge in [0, 0.05) is 0 Å². The third-order valence-corrected chi connectivity index (χ3v) is 4.01. The highest BCUT2D eigenvalue weighted by atomic mass is 32.2. The van der Waals surface area contributed by atoms with E-state index in [1.807, 2.05) is 0 Å². The summed E-state index contributed by atoms with van der Waals surface area (Å²) in [7, 11) is -2.15. The van der Waals surface area contributed by atoms with E-state index in [1.54, 1.807) is 13.0 Å². The Labute approximate surface area is 99.5 Å². The van der Waals surface area contributed by atoms with Crippen molar-refractivity contribution in [2.45, 2.75) is 17.9 Å². The second kappa shape index (κ2) is 4.01. The minimum absolute atomic E-state index is 0.121. The van der Waals surface area contributed by atoms with Gasteiger partial charge in [-0.3, -0.25) is 4.79 Å². The predicted octanol–water partition coefficient (Wildman–Crippen LogP) is 0.347.